The second-order valence-electron chi connectivity index (χ2n) is 7.37. The monoisotopic (exact) mass is 441 g/mol. The Balaban J connectivity index is 2.08. The van der Waals surface area contributed by atoms with E-state index in [-0.39, 0.29) is 42.3 Å². The highest BCUT2D eigenvalue weighted by Crippen LogP contribution is 2.31. The molecule has 10 heteroatoms. The smallest absolute Gasteiger partial charge is 0.312 e. The van der Waals surface area contributed by atoms with Crippen LogP contribution in [0, 0.1) is 10.1 Å². The van der Waals surface area contributed by atoms with Crippen LogP contribution < -0.4 is 10.1 Å². The third-order valence-corrected chi connectivity index (χ3v) is 7.35. The Bertz CT molecular complexity index is 831. The molecule has 1 fully saturated rings. The molecule has 168 valence electrons. The quantitative estimate of drug-likeness (QED) is 0.464. The van der Waals surface area contributed by atoms with Gasteiger partial charge < -0.3 is 10.1 Å². The van der Waals surface area contributed by atoms with Gasteiger partial charge in [-0.3, -0.25) is 14.9 Å². The largest absolute Gasteiger partial charge is 0.477 e. The molecule has 30 heavy (non-hydrogen) atoms. The second-order valence-corrected chi connectivity index (χ2v) is 9.31. The van der Waals surface area contributed by atoms with Crippen LogP contribution in [0.3, 0.4) is 0 Å². The van der Waals surface area contributed by atoms with Crippen LogP contribution in [-0.4, -0.2) is 49.3 Å². The molecule has 1 aliphatic carbocycles. The number of ether oxygens (including phenoxy) is 1. The van der Waals surface area contributed by atoms with Crippen molar-refractivity contribution in [3.63, 3.8) is 0 Å². The molecule has 1 N–H and O–H groups in total. The Kier molecular flexibility index (Phi) is 9.04. The zero-order chi connectivity index (χ0) is 22.1. The highest BCUT2D eigenvalue weighted by molar-refractivity contribution is 7.89. The van der Waals surface area contributed by atoms with Gasteiger partial charge in [-0.1, -0.05) is 46.0 Å². The molecule has 0 aromatic heterocycles. The zero-order valence-electron chi connectivity index (χ0n) is 17.6. The van der Waals surface area contributed by atoms with E-state index >= 15 is 0 Å². The van der Waals surface area contributed by atoms with Crippen LogP contribution >= 0.6 is 0 Å². The van der Waals surface area contributed by atoms with E-state index in [2.05, 4.69) is 5.32 Å². The summed E-state index contributed by atoms with van der Waals surface area (Å²) in [5.74, 6) is -0.471. The van der Waals surface area contributed by atoms with E-state index < -0.39 is 20.6 Å². The van der Waals surface area contributed by atoms with Crippen LogP contribution in [0.2, 0.25) is 0 Å². The average molecular weight is 442 g/mol. The summed E-state index contributed by atoms with van der Waals surface area (Å²) >= 11 is 0. The van der Waals surface area contributed by atoms with Gasteiger partial charge in [0.2, 0.25) is 10.0 Å². The number of nitro benzene ring substituents is 1. The molecule has 0 saturated heterocycles. The zero-order valence-corrected chi connectivity index (χ0v) is 18.4. The van der Waals surface area contributed by atoms with Gasteiger partial charge in [0.1, 0.15) is 0 Å². The Hall–Kier alpha value is -2.20. The highest BCUT2D eigenvalue weighted by Gasteiger charge is 2.26. The molecule has 0 aliphatic heterocycles. The van der Waals surface area contributed by atoms with E-state index in [0.717, 1.165) is 44.6 Å². The van der Waals surface area contributed by atoms with Crippen LogP contribution in [0.5, 0.6) is 5.75 Å². The van der Waals surface area contributed by atoms with Crippen molar-refractivity contribution in [1.29, 1.82) is 0 Å². The number of hydrogen-bond donors (Lipinski definition) is 1. The van der Waals surface area contributed by atoms with Gasteiger partial charge in [0, 0.05) is 25.2 Å². The summed E-state index contributed by atoms with van der Waals surface area (Å²) < 4.78 is 31.8. The van der Waals surface area contributed by atoms with Gasteiger partial charge in [-0.2, -0.15) is 4.31 Å². The predicted octanol–water partition coefficient (Wildman–Crippen LogP) is 3.23. The third kappa shape index (κ3) is 6.40. The van der Waals surface area contributed by atoms with Gasteiger partial charge in [-0.05, 0) is 25.0 Å². The normalized spacial score (nSPS) is 16.0. The Morgan fingerprint density at radius 3 is 2.33 bits per heavy atom. The van der Waals surface area contributed by atoms with Gasteiger partial charge in [-0.15, -0.1) is 0 Å². The molecule has 0 atom stereocenters. The number of sulfonamides is 1. The number of hydrogen-bond acceptors (Lipinski definition) is 6. The molecule has 9 nitrogen and oxygen atoms in total. The highest BCUT2D eigenvalue weighted by atomic mass is 32.2. The lowest BCUT2D eigenvalue weighted by molar-refractivity contribution is -0.386. The summed E-state index contributed by atoms with van der Waals surface area (Å²) in [5, 5.41) is 14.4. The topological polar surface area (TPSA) is 119 Å². The van der Waals surface area contributed by atoms with E-state index in [4.69, 9.17) is 4.74 Å². The number of nitrogens with one attached hydrogen (secondary N) is 1. The fourth-order valence-corrected chi connectivity index (χ4v) is 5.13. The van der Waals surface area contributed by atoms with Crippen molar-refractivity contribution in [1.82, 2.24) is 9.62 Å². The minimum atomic E-state index is -3.84. The maximum absolute atomic E-state index is 12.6. The number of rotatable bonds is 9. The van der Waals surface area contributed by atoms with Gasteiger partial charge in [0.05, 0.1) is 9.82 Å². The molecular weight excluding hydrogens is 410 g/mol. The van der Waals surface area contributed by atoms with E-state index in [1.807, 2.05) is 0 Å². The molecule has 1 aromatic rings. The number of carbonyl (C=O) groups excluding carboxylic acids is 1. The molecule has 1 amide bonds. The number of benzene rings is 1. The molecular formula is C20H31N3O6S. The Labute approximate surface area is 178 Å². The summed E-state index contributed by atoms with van der Waals surface area (Å²) in [5.41, 5.74) is -0.484. The standard InChI is InChI=1S/C20H31N3O6S/c1-3-22(4-2)30(27,28)17-12-13-19(18(14-17)23(25)26)29-15-20(24)21-16-10-8-6-5-7-9-11-16/h12-14,16H,3-11,15H2,1-2H3,(H,21,24). The van der Waals surface area contributed by atoms with Crippen LogP contribution in [0.4, 0.5) is 5.69 Å². The van der Waals surface area contributed by atoms with Crippen LogP contribution in [0.15, 0.2) is 23.1 Å². The minimum Gasteiger partial charge on any atom is -0.477 e. The maximum atomic E-state index is 12.6. The summed E-state index contributed by atoms with van der Waals surface area (Å²) in [6.45, 7) is 3.54. The third-order valence-electron chi connectivity index (χ3n) is 5.30. The summed E-state index contributed by atoms with van der Waals surface area (Å²) in [6, 6.07) is 3.58. The van der Waals surface area contributed by atoms with E-state index in [0.29, 0.717) is 0 Å². The van der Waals surface area contributed by atoms with Gasteiger partial charge in [0.15, 0.2) is 12.4 Å². The van der Waals surface area contributed by atoms with Crippen molar-refractivity contribution >= 4 is 21.6 Å². The van der Waals surface area contributed by atoms with Crippen molar-refractivity contribution in [2.75, 3.05) is 19.7 Å². The fourth-order valence-electron chi connectivity index (χ4n) is 3.65. The van der Waals surface area contributed by atoms with Crippen LogP contribution in [0.1, 0.15) is 58.8 Å². The lowest BCUT2D eigenvalue weighted by Gasteiger charge is -2.21. The van der Waals surface area contributed by atoms with Crippen LogP contribution in [-0.2, 0) is 14.8 Å². The number of nitrogens with zero attached hydrogens (tertiary/aromatic N) is 2. The molecule has 1 saturated carbocycles. The first-order chi connectivity index (χ1) is 14.3. The number of amides is 1. The summed E-state index contributed by atoms with van der Waals surface area (Å²) in [4.78, 5) is 22.8. The van der Waals surface area contributed by atoms with Gasteiger partial charge in [-0.25, -0.2) is 8.42 Å². The van der Waals surface area contributed by atoms with Crippen LogP contribution in [0.25, 0.3) is 0 Å². The van der Waals surface area contributed by atoms with Crippen molar-refractivity contribution in [2.45, 2.75) is 69.7 Å². The van der Waals surface area contributed by atoms with Gasteiger partial charge in [0.25, 0.3) is 5.91 Å². The Morgan fingerprint density at radius 2 is 1.77 bits per heavy atom. The fraction of sp³-hybridized carbons (Fsp3) is 0.650. The molecule has 0 unspecified atom stereocenters. The summed E-state index contributed by atoms with van der Waals surface area (Å²) in [6.07, 6.45) is 7.54. The lowest BCUT2D eigenvalue weighted by Crippen LogP contribution is -2.38. The predicted molar refractivity (Wildman–Crippen MR) is 113 cm³/mol. The molecule has 1 aromatic carbocycles. The molecule has 1 aliphatic rings. The lowest BCUT2D eigenvalue weighted by atomic mass is 9.97. The SMILES string of the molecule is CCN(CC)S(=O)(=O)c1ccc(OCC(=O)NC2CCCCCCC2)c([N+](=O)[O-])c1. The van der Waals surface area contributed by atoms with E-state index in [1.54, 1.807) is 13.8 Å². The maximum Gasteiger partial charge on any atom is 0.312 e. The van der Waals surface area contributed by atoms with Crippen molar-refractivity contribution in [2.24, 2.45) is 0 Å². The summed E-state index contributed by atoms with van der Waals surface area (Å²) in [7, 11) is -3.84. The van der Waals surface area contributed by atoms with Crippen molar-refractivity contribution < 1.29 is 22.9 Å². The Morgan fingerprint density at radius 1 is 1.17 bits per heavy atom. The first kappa shape index (κ1) is 24.1. The molecule has 0 bridgehead atoms. The first-order valence-corrected chi connectivity index (χ1v) is 11.9. The van der Waals surface area contributed by atoms with Crippen molar-refractivity contribution in [3.05, 3.63) is 28.3 Å². The van der Waals surface area contributed by atoms with E-state index in [9.17, 15) is 23.3 Å². The van der Waals surface area contributed by atoms with E-state index in [1.165, 1.54) is 22.9 Å². The second kappa shape index (κ2) is 11.3. The molecule has 2 rings (SSSR count). The number of nitro groups is 1. The van der Waals surface area contributed by atoms with Gasteiger partial charge >= 0.3 is 5.69 Å². The first-order valence-electron chi connectivity index (χ1n) is 10.5. The average Bonchev–Trinajstić information content (AvgIpc) is 2.68. The minimum absolute atomic E-state index is 0.0953. The molecule has 0 heterocycles. The number of carbonyl (C=O) groups is 1. The van der Waals surface area contributed by atoms with Crippen molar-refractivity contribution in [3.8, 4) is 5.75 Å². The molecule has 0 spiro atoms. The molecule has 0 radical (unpaired) electrons.